The SMILES string of the molecule is CC(C)c1cccc2c(-c3ccc(C(N)=O)cc3)c(C(=O)O)[nH]c12. The second-order valence-electron chi connectivity index (χ2n) is 6.05. The minimum absolute atomic E-state index is 0.143. The van der Waals surface area contributed by atoms with Crippen LogP contribution >= 0.6 is 0 Å². The molecule has 0 aliphatic rings. The Labute approximate surface area is 139 Å². The summed E-state index contributed by atoms with van der Waals surface area (Å²) in [6.45, 7) is 4.13. The van der Waals surface area contributed by atoms with E-state index in [1.807, 2.05) is 18.2 Å². The number of carbonyl (C=O) groups is 2. The molecule has 0 radical (unpaired) electrons. The first kappa shape index (κ1) is 15.8. The summed E-state index contributed by atoms with van der Waals surface area (Å²) >= 11 is 0. The van der Waals surface area contributed by atoms with Crippen LogP contribution in [-0.4, -0.2) is 22.0 Å². The van der Waals surface area contributed by atoms with Crippen LogP contribution in [0.3, 0.4) is 0 Å². The first-order valence-corrected chi connectivity index (χ1v) is 7.68. The van der Waals surface area contributed by atoms with Gasteiger partial charge in [-0.1, -0.05) is 44.2 Å². The second kappa shape index (κ2) is 5.85. The Balaban J connectivity index is 2.29. The highest BCUT2D eigenvalue weighted by Gasteiger charge is 2.20. The Bertz CT molecular complexity index is 937. The third-order valence-corrected chi connectivity index (χ3v) is 4.16. The highest BCUT2D eigenvalue weighted by atomic mass is 16.4. The highest BCUT2D eigenvalue weighted by molar-refractivity contribution is 6.08. The van der Waals surface area contributed by atoms with Gasteiger partial charge in [0.2, 0.25) is 5.91 Å². The molecular weight excluding hydrogens is 304 g/mol. The largest absolute Gasteiger partial charge is 0.477 e. The molecule has 1 amide bonds. The van der Waals surface area contributed by atoms with Crippen molar-refractivity contribution in [3.8, 4) is 11.1 Å². The van der Waals surface area contributed by atoms with Crippen molar-refractivity contribution in [3.05, 3.63) is 59.3 Å². The van der Waals surface area contributed by atoms with Gasteiger partial charge in [-0.05, 0) is 29.2 Å². The number of aromatic amines is 1. The molecular formula is C19H18N2O3. The lowest BCUT2D eigenvalue weighted by Crippen LogP contribution is -2.10. The van der Waals surface area contributed by atoms with Gasteiger partial charge in [-0.3, -0.25) is 4.79 Å². The summed E-state index contributed by atoms with van der Waals surface area (Å²) in [5.74, 6) is -1.27. The smallest absolute Gasteiger partial charge is 0.352 e. The Kier molecular flexibility index (Phi) is 3.85. The predicted molar refractivity (Wildman–Crippen MR) is 93.3 cm³/mol. The number of carbonyl (C=O) groups excluding carboxylic acids is 1. The van der Waals surface area contributed by atoms with Gasteiger partial charge in [-0.25, -0.2) is 4.79 Å². The highest BCUT2D eigenvalue weighted by Crippen LogP contribution is 2.36. The Morgan fingerprint density at radius 2 is 1.75 bits per heavy atom. The minimum atomic E-state index is -1.02. The number of rotatable bonds is 4. The number of hydrogen-bond acceptors (Lipinski definition) is 2. The molecule has 1 heterocycles. The van der Waals surface area contributed by atoms with Gasteiger partial charge < -0.3 is 15.8 Å². The summed E-state index contributed by atoms with van der Waals surface area (Å²) in [5, 5.41) is 10.4. The molecule has 122 valence electrons. The second-order valence-corrected chi connectivity index (χ2v) is 6.05. The molecule has 0 spiro atoms. The molecule has 2 aromatic carbocycles. The van der Waals surface area contributed by atoms with Crippen molar-refractivity contribution >= 4 is 22.8 Å². The zero-order valence-corrected chi connectivity index (χ0v) is 13.5. The molecule has 0 unspecified atom stereocenters. The zero-order valence-electron chi connectivity index (χ0n) is 13.5. The third kappa shape index (κ3) is 2.54. The van der Waals surface area contributed by atoms with Crippen LogP contribution in [0.15, 0.2) is 42.5 Å². The van der Waals surface area contributed by atoms with E-state index in [9.17, 15) is 14.7 Å². The van der Waals surface area contributed by atoms with Crippen LogP contribution < -0.4 is 5.73 Å². The van der Waals surface area contributed by atoms with E-state index in [0.29, 0.717) is 11.1 Å². The number of amides is 1. The minimum Gasteiger partial charge on any atom is -0.477 e. The van der Waals surface area contributed by atoms with Crippen LogP contribution in [0.25, 0.3) is 22.0 Å². The van der Waals surface area contributed by atoms with E-state index in [2.05, 4.69) is 18.8 Å². The number of hydrogen-bond donors (Lipinski definition) is 3. The maximum atomic E-state index is 11.7. The normalized spacial score (nSPS) is 11.1. The summed E-state index contributed by atoms with van der Waals surface area (Å²) in [6, 6.07) is 12.5. The quantitative estimate of drug-likeness (QED) is 0.682. The van der Waals surface area contributed by atoms with Gasteiger partial charge in [0, 0.05) is 16.5 Å². The fourth-order valence-corrected chi connectivity index (χ4v) is 2.98. The van der Waals surface area contributed by atoms with Gasteiger partial charge >= 0.3 is 5.97 Å². The number of carboxylic acids is 1. The number of primary amides is 1. The molecule has 0 aliphatic heterocycles. The van der Waals surface area contributed by atoms with E-state index in [4.69, 9.17) is 5.73 Å². The maximum absolute atomic E-state index is 11.7. The van der Waals surface area contributed by atoms with Crippen LogP contribution in [0.5, 0.6) is 0 Å². The third-order valence-electron chi connectivity index (χ3n) is 4.16. The molecule has 4 N–H and O–H groups in total. The molecule has 0 atom stereocenters. The molecule has 0 saturated carbocycles. The number of nitrogens with one attached hydrogen (secondary N) is 1. The maximum Gasteiger partial charge on any atom is 0.352 e. The molecule has 0 saturated heterocycles. The lowest BCUT2D eigenvalue weighted by Gasteiger charge is -2.07. The molecule has 3 rings (SSSR count). The number of aromatic nitrogens is 1. The van der Waals surface area contributed by atoms with Crippen molar-refractivity contribution < 1.29 is 14.7 Å². The van der Waals surface area contributed by atoms with E-state index in [1.165, 1.54) is 0 Å². The Morgan fingerprint density at radius 3 is 2.29 bits per heavy atom. The molecule has 5 nitrogen and oxygen atoms in total. The number of fused-ring (bicyclic) bond motifs is 1. The summed E-state index contributed by atoms with van der Waals surface area (Å²) in [6.07, 6.45) is 0. The Hall–Kier alpha value is -3.08. The molecule has 0 bridgehead atoms. The van der Waals surface area contributed by atoms with Crippen LogP contribution in [0.4, 0.5) is 0 Å². The van der Waals surface area contributed by atoms with E-state index in [-0.39, 0.29) is 11.6 Å². The number of H-pyrrole nitrogens is 1. The molecule has 0 fully saturated rings. The van der Waals surface area contributed by atoms with E-state index in [0.717, 1.165) is 22.0 Å². The van der Waals surface area contributed by atoms with Crippen molar-refractivity contribution in [1.82, 2.24) is 4.98 Å². The van der Waals surface area contributed by atoms with Crippen molar-refractivity contribution in [2.24, 2.45) is 5.73 Å². The standard InChI is InChI=1S/C19H18N2O3/c1-10(2)13-4-3-5-14-15(17(19(23)24)21-16(13)14)11-6-8-12(9-7-11)18(20)22/h3-10,21H,1-2H3,(H2,20,22)(H,23,24). The lowest BCUT2D eigenvalue weighted by molar-refractivity contribution is 0.0692. The number of benzene rings is 2. The van der Waals surface area contributed by atoms with Crippen molar-refractivity contribution in [2.45, 2.75) is 19.8 Å². The van der Waals surface area contributed by atoms with Crippen molar-refractivity contribution in [2.75, 3.05) is 0 Å². The van der Waals surface area contributed by atoms with Crippen LogP contribution in [0.2, 0.25) is 0 Å². The van der Waals surface area contributed by atoms with Gasteiger partial charge in [0.15, 0.2) is 0 Å². The molecule has 3 aromatic rings. The van der Waals surface area contributed by atoms with Gasteiger partial charge in [-0.2, -0.15) is 0 Å². The Morgan fingerprint density at radius 1 is 1.08 bits per heavy atom. The van der Waals surface area contributed by atoms with Gasteiger partial charge in [0.25, 0.3) is 0 Å². The number of aromatic carboxylic acids is 1. The summed E-state index contributed by atoms with van der Waals surface area (Å²) < 4.78 is 0. The fourth-order valence-electron chi connectivity index (χ4n) is 2.98. The van der Waals surface area contributed by atoms with Crippen LogP contribution in [0.1, 0.15) is 46.2 Å². The summed E-state index contributed by atoms with van der Waals surface area (Å²) in [7, 11) is 0. The topological polar surface area (TPSA) is 96.2 Å². The van der Waals surface area contributed by atoms with Crippen LogP contribution in [0, 0.1) is 0 Å². The van der Waals surface area contributed by atoms with Gasteiger partial charge in [0.1, 0.15) is 5.69 Å². The van der Waals surface area contributed by atoms with Gasteiger partial charge in [-0.15, -0.1) is 0 Å². The molecule has 0 aliphatic carbocycles. The molecule has 24 heavy (non-hydrogen) atoms. The molecule has 5 heteroatoms. The van der Waals surface area contributed by atoms with E-state index >= 15 is 0 Å². The van der Waals surface area contributed by atoms with E-state index < -0.39 is 11.9 Å². The van der Waals surface area contributed by atoms with Crippen molar-refractivity contribution in [1.29, 1.82) is 0 Å². The average Bonchev–Trinajstić information content (AvgIpc) is 2.94. The predicted octanol–water partition coefficient (Wildman–Crippen LogP) is 3.76. The fraction of sp³-hybridized carbons (Fsp3) is 0.158. The number of carboxylic acid groups (broad SMARTS) is 1. The van der Waals surface area contributed by atoms with Crippen LogP contribution in [-0.2, 0) is 0 Å². The summed E-state index contributed by atoms with van der Waals surface area (Å²) in [4.78, 5) is 26.0. The monoisotopic (exact) mass is 322 g/mol. The van der Waals surface area contributed by atoms with Gasteiger partial charge in [0.05, 0.1) is 5.52 Å². The zero-order chi connectivity index (χ0) is 17.4. The number of para-hydroxylation sites is 1. The number of nitrogens with two attached hydrogens (primary N) is 1. The lowest BCUT2D eigenvalue weighted by atomic mass is 9.96. The molecule has 1 aromatic heterocycles. The van der Waals surface area contributed by atoms with E-state index in [1.54, 1.807) is 24.3 Å². The first-order valence-electron chi connectivity index (χ1n) is 7.68. The first-order chi connectivity index (χ1) is 11.4. The average molecular weight is 322 g/mol. The summed E-state index contributed by atoms with van der Waals surface area (Å²) in [5.41, 5.74) is 9.04. The van der Waals surface area contributed by atoms with Crippen molar-refractivity contribution in [3.63, 3.8) is 0 Å².